The Morgan fingerprint density at radius 1 is 0.810 bits per heavy atom. The summed E-state index contributed by atoms with van der Waals surface area (Å²) >= 11 is -0.592. The molecule has 0 aromatic carbocycles. The van der Waals surface area contributed by atoms with E-state index in [0.717, 1.165) is 0 Å². The summed E-state index contributed by atoms with van der Waals surface area (Å²) in [5.41, 5.74) is 3.17. The predicted octanol–water partition coefficient (Wildman–Crippen LogP) is 6.80. The minimum atomic E-state index is -0.592. The quantitative estimate of drug-likeness (QED) is 0.446. The molecule has 2 aliphatic rings. The van der Waals surface area contributed by atoms with E-state index in [1.165, 1.54) is 38.5 Å². The van der Waals surface area contributed by atoms with Crippen LogP contribution in [0.5, 0.6) is 0 Å². The first kappa shape index (κ1) is 17.2. The van der Waals surface area contributed by atoms with Crippen molar-refractivity contribution in [2.45, 2.75) is 72.5 Å². The van der Waals surface area contributed by atoms with Gasteiger partial charge in [-0.1, -0.05) is 0 Å². The van der Waals surface area contributed by atoms with Crippen LogP contribution in [0.3, 0.4) is 0 Å². The topological polar surface area (TPSA) is 0 Å². The molecule has 0 radical (unpaired) electrons. The Bertz CT molecular complexity index is 436. The molecule has 0 bridgehead atoms. The maximum absolute atomic E-state index is 2.59. The van der Waals surface area contributed by atoms with Gasteiger partial charge in [0.2, 0.25) is 0 Å². The van der Waals surface area contributed by atoms with Gasteiger partial charge in [0.05, 0.1) is 0 Å². The first-order valence-corrected chi connectivity index (χ1v) is 11.1. The molecule has 2 unspecified atom stereocenters. The standard InChI is InChI=1S/2C10H15.Zr/c2*1-3-4-5-10-7-6-9(2)8-10;/h2*6-8H,3-5H2,1-2H3;. The Hall–Kier alpha value is -0.157. The summed E-state index contributed by atoms with van der Waals surface area (Å²) < 4.78 is 0.810. The second kappa shape index (κ2) is 7.41. The van der Waals surface area contributed by atoms with E-state index in [4.69, 9.17) is 0 Å². The van der Waals surface area contributed by atoms with Crippen LogP contribution in [0.25, 0.3) is 0 Å². The number of hydrogen-bond acceptors (Lipinski definition) is 0. The van der Waals surface area contributed by atoms with E-state index >= 15 is 0 Å². The van der Waals surface area contributed by atoms with Gasteiger partial charge in [0.15, 0.2) is 0 Å². The van der Waals surface area contributed by atoms with E-state index in [1.54, 1.807) is 11.1 Å². The number of unbranched alkanes of at least 4 members (excludes halogenated alkanes) is 2. The van der Waals surface area contributed by atoms with Crippen molar-refractivity contribution in [3.63, 3.8) is 0 Å². The molecule has 0 nitrogen and oxygen atoms in total. The zero-order valence-electron chi connectivity index (χ0n) is 14.2. The first-order chi connectivity index (χ1) is 9.99. The molecular formula is C20H30Zr. The summed E-state index contributed by atoms with van der Waals surface area (Å²) in [5, 5.41) is 0. The zero-order valence-corrected chi connectivity index (χ0v) is 16.7. The second-order valence-electron chi connectivity index (χ2n) is 7.00. The Morgan fingerprint density at radius 2 is 1.24 bits per heavy atom. The molecule has 0 saturated carbocycles. The zero-order chi connectivity index (χ0) is 15.3. The van der Waals surface area contributed by atoms with Gasteiger partial charge in [-0.05, 0) is 0 Å². The molecule has 0 amide bonds. The fourth-order valence-electron chi connectivity index (χ4n) is 3.33. The molecule has 2 rings (SSSR count). The van der Waals surface area contributed by atoms with Crippen molar-refractivity contribution in [3.05, 3.63) is 47.6 Å². The predicted molar refractivity (Wildman–Crippen MR) is 90.2 cm³/mol. The fourth-order valence-corrected chi connectivity index (χ4v) is 8.27. The molecule has 0 aliphatic heterocycles. The average molecular weight is 362 g/mol. The molecule has 2 atom stereocenters. The molecule has 2 aliphatic carbocycles. The van der Waals surface area contributed by atoms with Gasteiger partial charge in [0, 0.05) is 0 Å². The molecule has 0 aromatic rings. The van der Waals surface area contributed by atoms with Gasteiger partial charge in [0.1, 0.15) is 0 Å². The van der Waals surface area contributed by atoms with Crippen LogP contribution < -0.4 is 0 Å². The minimum absolute atomic E-state index is 0.405. The van der Waals surface area contributed by atoms with E-state index in [1.807, 2.05) is 0 Å². The van der Waals surface area contributed by atoms with Gasteiger partial charge in [-0.2, -0.15) is 0 Å². The van der Waals surface area contributed by atoms with Gasteiger partial charge < -0.3 is 0 Å². The van der Waals surface area contributed by atoms with Crippen LogP contribution in [0.4, 0.5) is 0 Å². The molecule has 0 spiro atoms. The first-order valence-electron chi connectivity index (χ1n) is 8.60. The SMILES string of the molecule is CCCCC1=C[C](C)([Zr][C]2(C)C=CC(CCCC)=C2)C=C1. The van der Waals surface area contributed by atoms with E-state index in [9.17, 15) is 0 Å². The molecule has 0 heterocycles. The van der Waals surface area contributed by atoms with E-state index in [2.05, 4.69) is 64.2 Å². The van der Waals surface area contributed by atoms with Crippen molar-refractivity contribution < 1.29 is 23.2 Å². The summed E-state index contributed by atoms with van der Waals surface area (Å²) in [6.07, 6.45) is 22.8. The molecular weight excluding hydrogens is 331 g/mol. The summed E-state index contributed by atoms with van der Waals surface area (Å²) in [7, 11) is 0. The summed E-state index contributed by atoms with van der Waals surface area (Å²) in [6, 6.07) is 0. The number of hydrogen-bond donors (Lipinski definition) is 0. The summed E-state index contributed by atoms with van der Waals surface area (Å²) in [5.74, 6) is 0. The van der Waals surface area contributed by atoms with Crippen LogP contribution in [-0.4, -0.2) is 0 Å². The molecule has 1 heteroatoms. The van der Waals surface area contributed by atoms with Crippen molar-refractivity contribution in [1.82, 2.24) is 0 Å². The molecule has 0 N–H and O–H groups in total. The van der Waals surface area contributed by atoms with Crippen molar-refractivity contribution in [2.75, 3.05) is 0 Å². The van der Waals surface area contributed by atoms with Crippen LogP contribution >= 0.6 is 0 Å². The van der Waals surface area contributed by atoms with Gasteiger partial charge in [-0.3, -0.25) is 0 Å². The maximum atomic E-state index is 2.59. The van der Waals surface area contributed by atoms with Crippen LogP contribution in [0, 0.1) is 0 Å². The van der Waals surface area contributed by atoms with E-state index < -0.39 is 23.2 Å². The van der Waals surface area contributed by atoms with Crippen LogP contribution in [-0.2, 0) is 23.2 Å². The molecule has 21 heavy (non-hydrogen) atoms. The molecule has 0 saturated heterocycles. The van der Waals surface area contributed by atoms with Crippen molar-refractivity contribution >= 4 is 0 Å². The summed E-state index contributed by atoms with van der Waals surface area (Å²) in [4.78, 5) is 0. The van der Waals surface area contributed by atoms with Crippen LogP contribution in [0.2, 0.25) is 6.25 Å². The Kier molecular flexibility index (Phi) is 6.07. The van der Waals surface area contributed by atoms with Gasteiger partial charge in [0.25, 0.3) is 0 Å². The third kappa shape index (κ3) is 4.92. The van der Waals surface area contributed by atoms with Gasteiger partial charge >= 0.3 is 143 Å². The Balaban J connectivity index is 1.99. The Morgan fingerprint density at radius 3 is 1.62 bits per heavy atom. The van der Waals surface area contributed by atoms with Crippen molar-refractivity contribution in [2.24, 2.45) is 0 Å². The van der Waals surface area contributed by atoms with Crippen LogP contribution in [0.15, 0.2) is 47.6 Å². The molecule has 0 aromatic heterocycles. The monoisotopic (exact) mass is 360 g/mol. The molecule has 114 valence electrons. The van der Waals surface area contributed by atoms with Crippen molar-refractivity contribution in [3.8, 4) is 0 Å². The van der Waals surface area contributed by atoms with Crippen molar-refractivity contribution in [1.29, 1.82) is 0 Å². The van der Waals surface area contributed by atoms with Gasteiger partial charge in [-0.15, -0.1) is 0 Å². The van der Waals surface area contributed by atoms with Crippen LogP contribution in [0.1, 0.15) is 66.2 Å². The normalized spacial score (nSPS) is 30.7. The number of allylic oxidation sites excluding steroid dienone is 8. The average Bonchev–Trinajstić information content (AvgIpc) is 2.98. The molecule has 0 fully saturated rings. The third-order valence-corrected chi connectivity index (χ3v) is 8.61. The van der Waals surface area contributed by atoms with E-state index in [0.29, 0.717) is 6.25 Å². The third-order valence-electron chi connectivity index (χ3n) is 4.43. The summed E-state index contributed by atoms with van der Waals surface area (Å²) in [6.45, 7) is 9.49. The fraction of sp³-hybridized carbons (Fsp3) is 0.600. The second-order valence-corrected chi connectivity index (χ2v) is 12.9. The number of rotatable bonds is 8. The van der Waals surface area contributed by atoms with Gasteiger partial charge in [-0.25, -0.2) is 0 Å². The Labute approximate surface area is 143 Å². The van der Waals surface area contributed by atoms with E-state index in [-0.39, 0.29) is 0 Å².